The maximum Gasteiger partial charge on any atom is 0.237 e. The maximum atomic E-state index is 12.2. The van der Waals surface area contributed by atoms with Gasteiger partial charge < -0.3 is 10.1 Å². The van der Waals surface area contributed by atoms with Crippen LogP contribution in [0.3, 0.4) is 0 Å². The Kier molecular flexibility index (Phi) is 4.98. The van der Waals surface area contributed by atoms with Crippen LogP contribution in [0.25, 0.3) is 0 Å². The molecule has 1 N–H and O–H groups in total. The van der Waals surface area contributed by atoms with E-state index in [4.69, 9.17) is 4.74 Å². The summed E-state index contributed by atoms with van der Waals surface area (Å²) < 4.78 is 6.06. The van der Waals surface area contributed by atoms with Crippen LogP contribution < -0.4 is 10.1 Å². The van der Waals surface area contributed by atoms with Gasteiger partial charge in [0.15, 0.2) is 0 Å². The Morgan fingerprint density at radius 2 is 2.13 bits per heavy atom. The number of carbonyl (C=O) groups excluding carboxylic acids is 1. The number of hydrogen-bond donors (Lipinski definition) is 1. The highest BCUT2D eigenvalue weighted by molar-refractivity contribution is 7.10. The first kappa shape index (κ1) is 16.0. The highest BCUT2D eigenvalue weighted by Gasteiger charge is 2.37. The summed E-state index contributed by atoms with van der Waals surface area (Å²) in [6.45, 7) is 3.69. The minimum atomic E-state index is -0.129. The molecule has 2 atom stereocenters. The number of amides is 1. The Bertz CT molecular complexity index is 656. The van der Waals surface area contributed by atoms with Gasteiger partial charge in [-0.3, -0.25) is 9.69 Å². The molecular formula is C18H22N2O2S. The largest absolute Gasteiger partial charge is 0.489 e. The number of likely N-dealkylation sites (tertiary alicyclic amines) is 1. The van der Waals surface area contributed by atoms with Crippen molar-refractivity contribution in [2.75, 3.05) is 13.6 Å². The van der Waals surface area contributed by atoms with Crippen molar-refractivity contribution in [3.63, 3.8) is 0 Å². The number of benzene rings is 1. The van der Waals surface area contributed by atoms with Gasteiger partial charge in [0.05, 0.1) is 6.04 Å². The minimum absolute atomic E-state index is 0.0416. The van der Waals surface area contributed by atoms with E-state index in [0.29, 0.717) is 0 Å². The van der Waals surface area contributed by atoms with Gasteiger partial charge in [0.1, 0.15) is 11.9 Å². The fraction of sp³-hybridized carbons (Fsp3) is 0.389. The third-order valence-corrected chi connectivity index (χ3v) is 5.28. The predicted molar refractivity (Wildman–Crippen MR) is 92.8 cm³/mol. The molecular weight excluding hydrogens is 308 g/mol. The summed E-state index contributed by atoms with van der Waals surface area (Å²) in [4.78, 5) is 15.8. The second-order valence-corrected chi connectivity index (χ2v) is 6.88. The van der Waals surface area contributed by atoms with Crippen molar-refractivity contribution in [3.05, 3.63) is 52.2 Å². The first-order valence-corrected chi connectivity index (χ1v) is 8.75. The Morgan fingerprint density at radius 3 is 2.78 bits per heavy atom. The average molecular weight is 330 g/mol. The van der Waals surface area contributed by atoms with Crippen LogP contribution in [0.2, 0.25) is 0 Å². The van der Waals surface area contributed by atoms with Crippen molar-refractivity contribution < 1.29 is 9.53 Å². The molecule has 0 spiro atoms. The molecule has 0 radical (unpaired) electrons. The summed E-state index contributed by atoms with van der Waals surface area (Å²) in [5.41, 5.74) is 1.29. The van der Waals surface area contributed by atoms with Gasteiger partial charge in [-0.15, -0.1) is 11.3 Å². The number of thiophene rings is 1. The molecule has 5 heteroatoms. The molecule has 23 heavy (non-hydrogen) atoms. The van der Waals surface area contributed by atoms with E-state index in [2.05, 4.69) is 28.6 Å². The van der Waals surface area contributed by atoms with Gasteiger partial charge in [0.2, 0.25) is 5.91 Å². The zero-order valence-corrected chi connectivity index (χ0v) is 14.3. The quantitative estimate of drug-likeness (QED) is 0.916. The van der Waals surface area contributed by atoms with Gasteiger partial charge in [-0.2, -0.15) is 0 Å². The zero-order chi connectivity index (χ0) is 16.2. The monoisotopic (exact) mass is 330 g/mol. The summed E-state index contributed by atoms with van der Waals surface area (Å²) in [5, 5.41) is 4.89. The second-order valence-electron chi connectivity index (χ2n) is 5.87. The minimum Gasteiger partial charge on any atom is -0.489 e. The van der Waals surface area contributed by atoms with E-state index < -0.39 is 0 Å². The molecule has 1 aliphatic heterocycles. The van der Waals surface area contributed by atoms with E-state index in [1.807, 2.05) is 30.3 Å². The Balaban J connectivity index is 1.71. The fourth-order valence-corrected chi connectivity index (χ4v) is 3.93. The molecule has 122 valence electrons. The third-order valence-electron chi connectivity index (χ3n) is 4.27. The van der Waals surface area contributed by atoms with Crippen molar-refractivity contribution in [3.8, 4) is 5.75 Å². The molecule has 3 rings (SSSR count). The number of nitrogens with one attached hydrogen (secondary N) is 1. The number of ether oxygens (including phenoxy) is 1. The van der Waals surface area contributed by atoms with Gasteiger partial charge in [-0.1, -0.05) is 18.2 Å². The van der Waals surface area contributed by atoms with Crippen LogP contribution in [0.5, 0.6) is 5.75 Å². The van der Waals surface area contributed by atoms with Crippen LogP contribution in [-0.2, 0) is 11.3 Å². The Labute approximate surface area is 141 Å². The van der Waals surface area contributed by atoms with E-state index in [0.717, 1.165) is 25.3 Å². The lowest BCUT2D eigenvalue weighted by molar-refractivity contribution is -0.125. The number of para-hydroxylation sites is 1. The second kappa shape index (κ2) is 7.15. The number of likely N-dealkylation sites (N-methyl/N-ethyl adjacent to an activating group) is 1. The predicted octanol–water partition coefficient (Wildman–Crippen LogP) is 2.82. The van der Waals surface area contributed by atoms with E-state index in [-0.39, 0.29) is 18.1 Å². The molecule has 1 saturated heterocycles. The number of aryl methyl sites for hydroxylation is 1. The smallest absolute Gasteiger partial charge is 0.237 e. The van der Waals surface area contributed by atoms with Crippen LogP contribution >= 0.6 is 11.3 Å². The lowest BCUT2D eigenvalue weighted by Gasteiger charge is -2.22. The molecule has 1 aromatic carbocycles. The van der Waals surface area contributed by atoms with E-state index in [1.54, 1.807) is 18.4 Å². The summed E-state index contributed by atoms with van der Waals surface area (Å²) >= 11 is 1.75. The SMILES string of the molecule is CNC(=O)[C@H]1C[C@H](Oc2ccccc2)CN1Cc1sccc1C. The molecule has 4 nitrogen and oxygen atoms in total. The molecule has 0 saturated carbocycles. The van der Waals surface area contributed by atoms with E-state index >= 15 is 0 Å². The highest BCUT2D eigenvalue weighted by Crippen LogP contribution is 2.27. The lowest BCUT2D eigenvalue weighted by atomic mass is 10.2. The number of nitrogens with zero attached hydrogens (tertiary/aromatic N) is 1. The van der Waals surface area contributed by atoms with E-state index in [1.165, 1.54) is 10.4 Å². The van der Waals surface area contributed by atoms with E-state index in [9.17, 15) is 4.79 Å². The number of rotatable bonds is 5. The van der Waals surface area contributed by atoms with Crippen molar-refractivity contribution in [1.29, 1.82) is 0 Å². The first-order valence-electron chi connectivity index (χ1n) is 7.87. The fourth-order valence-electron chi connectivity index (χ4n) is 3.00. The first-order chi connectivity index (χ1) is 11.2. The van der Waals surface area contributed by atoms with Crippen LogP contribution in [0, 0.1) is 6.92 Å². The molecule has 0 aliphatic carbocycles. The number of carbonyl (C=O) groups is 1. The summed E-state index contributed by atoms with van der Waals surface area (Å²) in [6.07, 6.45) is 0.763. The van der Waals surface area contributed by atoms with Gasteiger partial charge in [-0.25, -0.2) is 0 Å². The standard InChI is InChI=1S/C18H22N2O2S/c1-13-8-9-23-17(13)12-20-11-15(10-16(20)18(21)19-2)22-14-6-4-3-5-7-14/h3-9,15-16H,10-12H2,1-2H3,(H,19,21)/t15-,16+/m0/s1. The average Bonchev–Trinajstić information content (AvgIpc) is 3.15. The molecule has 1 aromatic heterocycles. The van der Waals surface area contributed by atoms with Gasteiger partial charge >= 0.3 is 0 Å². The van der Waals surface area contributed by atoms with Crippen LogP contribution in [0.4, 0.5) is 0 Å². The van der Waals surface area contributed by atoms with Gasteiger partial charge in [-0.05, 0) is 36.1 Å². The van der Waals surface area contributed by atoms with Gasteiger partial charge in [0, 0.05) is 31.4 Å². The highest BCUT2D eigenvalue weighted by atomic mass is 32.1. The Morgan fingerprint density at radius 1 is 1.35 bits per heavy atom. The molecule has 0 bridgehead atoms. The molecule has 1 fully saturated rings. The zero-order valence-electron chi connectivity index (χ0n) is 13.5. The van der Waals surface area contributed by atoms with Crippen LogP contribution in [0.15, 0.2) is 41.8 Å². The summed E-state index contributed by atoms with van der Waals surface area (Å²) in [7, 11) is 1.70. The Hall–Kier alpha value is -1.85. The maximum absolute atomic E-state index is 12.2. The summed E-state index contributed by atoms with van der Waals surface area (Å²) in [6, 6.07) is 11.8. The lowest BCUT2D eigenvalue weighted by Crippen LogP contribution is -2.41. The number of hydrogen-bond acceptors (Lipinski definition) is 4. The normalized spacial score (nSPS) is 21.3. The molecule has 1 amide bonds. The van der Waals surface area contributed by atoms with Gasteiger partial charge in [0.25, 0.3) is 0 Å². The molecule has 2 aromatic rings. The third kappa shape index (κ3) is 3.74. The van der Waals surface area contributed by atoms with Crippen molar-refractivity contribution in [1.82, 2.24) is 10.2 Å². The van der Waals surface area contributed by atoms with Crippen molar-refractivity contribution in [2.24, 2.45) is 0 Å². The molecule has 1 aliphatic rings. The van der Waals surface area contributed by atoms with Crippen LogP contribution in [-0.4, -0.2) is 36.5 Å². The van der Waals surface area contributed by atoms with Crippen molar-refractivity contribution in [2.45, 2.75) is 32.0 Å². The topological polar surface area (TPSA) is 41.6 Å². The van der Waals surface area contributed by atoms with Crippen molar-refractivity contribution >= 4 is 17.2 Å². The molecule has 2 heterocycles. The van der Waals surface area contributed by atoms with Crippen LogP contribution in [0.1, 0.15) is 16.9 Å². The molecule has 0 unspecified atom stereocenters. The summed E-state index contributed by atoms with van der Waals surface area (Å²) in [5.74, 6) is 0.931.